The molecular weight excluding hydrogens is 362 g/mol. The van der Waals surface area contributed by atoms with Crippen LogP contribution in [0, 0.1) is 25.2 Å². The number of rotatable bonds is 6. The molecule has 0 aliphatic carbocycles. The van der Waals surface area contributed by atoms with Crippen molar-refractivity contribution in [1.82, 2.24) is 9.55 Å². The van der Waals surface area contributed by atoms with Crippen molar-refractivity contribution in [3.63, 3.8) is 0 Å². The Morgan fingerprint density at radius 1 is 1.22 bits per heavy atom. The number of unbranched alkanes of at least 4 members (excludes halogenated alkanes) is 1. The third-order valence-electron chi connectivity index (χ3n) is 4.60. The summed E-state index contributed by atoms with van der Waals surface area (Å²) in [5.41, 5.74) is 1.68. The summed E-state index contributed by atoms with van der Waals surface area (Å²) >= 11 is 1.52. The second-order valence-corrected chi connectivity index (χ2v) is 7.39. The maximum absolute atomic E-state index is 13.2. The molecule has 0 atom stereocenters. The van der Waals surface area contributed by atoms with Gasteiger partial charge in [-0.3, -0.25) is 9.36 Å². The van der Waals surface area contributed by atoms with E-state index in [2.05, 4.69) is 6.07 Å². The molecule has 2 aromatic heterocycles. The van der Waals surface area contributed by atoms with E-state index in [0.717, 1.165) is 20.8 Å². The van der Waals surface area contributed by atoms with E-state index in [1.807, 2.05) is 26.0 Å². The lowest BCUT2D eigenvalue weighted by Crippen LogP contribution is -2.23. The van der Waals surface area contributed by atoms with Gasteiger partial charge in [0.15, 0.2) is 11.5 Å². The van der Waals surface area contributed by atoms with Crippen LogP contribution in [0.4, 0.5) is 0 Å². The second kappa shape index (κ2) is 7.80. The zero-order valence-electron chi connectivity index (χ0n) is 15.8. The van der Waals surface area contributed by atoms with Crippen LogP contribution in [0.2, 0.25) is 0 Å². The molecule has 140 valence electrons. The Morgan fingerprint density at radius 3 is 2.63 bits per heavy atom. The number of ether oxygens (including phenoxy) is 2. The molecule has 0 unspecified atom stereocenters. The minimum Gasteiger partial charge on any atom is -0.493 e. The van der Waals surface area contributed by atoms with Gasteiger partial charge in [-0.2, -0.15) is 5.26 Å². The van der Waals surface area contributed by atoms with Crippen LogP contribution in [-0.2, 0) is 6.54 Å². The quantitative estimate of drug-likeness (QED) is 0.600. The Balaban J connectivity index is 2.26. The first-order chi connectivity index (χ1) is 13.0. The van der Waals surface area contributed by atoms with Gasteiger partial charge in [0.25, 0.3) is 5.56 Å². The molecular formula is C20H21N3O3S. The molecule has 2 heterocycles. The zero-order valence-corrected chi connectivity index (χ0v) is 16.6. The predicted octanol–water partition coefficient (Wildman–Crippen LogP) is 4.06. The lowest BCUT2D eigenvalue weighted by Gasteiger charge is -2.14. The minimum absolute atomic E-state index is 0.0652. The maximum Gasteiger partial charge on any atom is 0.262 e. The summed E-state index contributed by atoms with van der Waals surface area (Å²) < 4.78 is 12.4. The molecule has 0 N–H and O–H groups in total. The monoisotopic (exact) mass is 383 g/mol. The van der Waals surface area contributed by atoms with Crippen molar-refractivity contribution in [2.75, 3.05) is 14.2 Å². The summed E-state index contributed by atoms with van der Waals surface area (Å²) in [6.07, 6.45) is 0.976. The van der Waals surface area contributed by atoms with Crippen molar-refractivity contribution in [3.05, 3.63) is 39.0 Å². The number of aryl methyl sites for hydroxylation is 2. The highest BCUT2D eigenvalue weighted by Crippen LogP contribution is 2.33. The molecule has 0 saturated heterocycles. The first-order valence-corrected chi connectivity index (χ1v) is 9.43. The van der Waals surface area contributed by atoms with E-state index >= 15 is 0 Å². The summed E-state index contributed by atoms with van der Waals surface area (Å²) in [5, 5.41) is 9.53. The van der Waals surface area contributed by atoms with E-state index in [9.17, 15) is 4.79 Å². The number of fused-ring (bicyclic) bond motifs is 1. The van der Waals surface area contributed by atoms with Crippen LogP contribution in [0.25, 0.3) is 21.6 Å². The summed E-state index contributed by atoms with van der Waals surface area (Å²) in [5.74, 6) is 1.77. The Morgan fingerprint density at radius 2 is 1.96 bits per heavy atom. The molecule has 27 heavy (non-hydrogen) atoms. The van der Waals surface area contributed by atoms with Crippen LogP contribution in [0.15, 0.2) is 23.0 Å². The van der Waals surface area contributed by atoms with E-state index in [1.54, 1.807) is 24.9 Å². The Kier molecular flexibility index (Phi) is 5.47. The van der Waals surface area contributed by atoms with E-state index in [4.69, 9.17) is 19.7 Å². The number of nitrogens with zero attached hydrogens (tertiary/aromatic N) is 3. The van der Waals surface area contributed by atoms with Crippen molar-refractivity contribution in [2.24, 2.45) is 0 Å². The smallest absolute Gasteiger partial charge is 0.262 e. The van der Waals surface area contributed by atoms with Gasteiger partial charge in [0.05, 0.1) is 25.7 Å². The van der Waals surface area contributed by atoms with Crippen molar-refractivity contribution in [1.29, 1.82) is 5.26 Å². The summed E-state index contributed by atoms with van der Waals surface area (Å²) in [4.78, 5) is 19.8. The van der Waals surface area contributed by atoms with Gasteiger partial charge in [0, 0.05) is 23.4 Å². The lowest BCUT2D eigenvalue weighted by atomic mass is 10.1. The van der Waals surface area contributed by atoms with Crippen LogP contribution >= 0.6 is 11.3 Å². The van der Waals surface area contributed by atoms with Crippen LogP contribution in [-0.4, -0.2) is 23.8 Å². The summed E-state index contributed by atoms with van der Waals surface area (Å²) in [6, 6.07) is 7.62. The van der Waals surface area contributed by atoms with Crippen LogP contribution < -0.4 is 15.0 Å². The Bertz CT molecular complexity index is 1090. The van der Waals surface area contributed by atoms with Gasteiger partial charge in [0.1, 0.15) is 10.7 Å². The van der Waals surface area contributed by atoms with Crippen molar-refractivity contribution >= 4 is 21.6 Å². The molecule has 0 spiro atoms. The molecule has 6 nitrogen and oxygen atoms in total. The van der Waals surface area contributed by atoms with Gasteiger partial charge in [-0.15, -0.1) is 11.3 Å². The number of thiophene rings is 1. The van der Waals surface area contributed by atoms with Gasteiger partial charge in [-0.05, 0) is 44.0 Å². The van der Waals surface area contributed by atoms with Gasteiger partial charge in [0.2, 0.25) is 0 Å². The van der Waals surface area contributed by atoms with Crippen molar-refractivity contribution < 1.29 is 9.47 Å². The van der Waals surface area contributed by atoms with Gasteiger partial charge in [-0.25, -0.2) is 4.98 Å². The highest BCUT2D eigenvalue weighted by atomic mass is 32.1. The standard InChI is InChI=1S/C20H21N3O3S/c1-12-13(2)27-19-17(12)20(24)23(10-6-5-9-21)18(22-19)14-7-8-15(25-3)16(11-14)26-4/h7-8,11H,5-6,10H2,1-4H3. The maximum atomic E-state index is 13.2. The third kappa shape index (κ3) is 3.40. The SMILES string of the molecule is COc1ccc(-c2nc3sc(C)c(C)c3c(=O)n2CCCC#N)cc1OC. The molecule has 0 aliphatic rings. The number of hydrogen-bond donors (Lipinski definition) is 0. The summed E-state index contributed by atoms with van der Waals surface area (Å²) in [6.45, 7) is 4.39. The summed E-state index contributed by atoms with van der Waals surface area (Å²) in [7, 11) is 3.15. The fourth-order valence-corrected chi connectivity index (χ4v) is 4.07. The molecule has 1 aromatic carbocycles. The molecule has 3 aromatic rings. The van der Waals surface area contributed by atoms with Crippen LogP contribution in [0.1, 0.15) is 23.3 Å². The van der Waals surface area contributed by atoms with Crippen molar-refractivity contribution in [2.45, 2.75) is 33.2 Å². The van der Waals surface area contributed by atoms with Crippen LogP contribution in [0.3, 0.4) is 0 Å². The molecule has 0 fully saturated rings. The van der Waals surface area contributed by atoms with Gasteiger partial charge in [-0.1, -0.05) is 0 Å². The highest BCUT2D eigenvalue weighted by molar-refractivity contribution is 7.18. The first kappa shape index (κ1) is 18.9. The zero-order chi connectivity index (χ0) is 19.6. The molecule has 0 aliphatic heterocycles. The number of benzene rings is 1. The van der Waals surface area contributed by atoms with Gasteiger partial charge < -0.3 is 9.47 Å². The van der Waals surface area contributed by atoms with Gasteiger partial charge >= 0.3 is 0 Å². The molecule has 0 amide bonds. The fourth-order valence-electron chi connectivity index (χ4n) is 3.05. The number of methoxy groups -OCH3 is 2. The number of aromatic nitrogens is 2. The Labute approximate surface area is 161 Å². The number of nitriles is 1. The number of hydrogen-bond acceptors (Lipinski definition) is 6. The lowest BCUT2D eigenvalue weighted by molar-refractivity contribution is 0.355. The Hall–Kier alpha value is -2.85. The molecule has 3 rings (SSSR count). The predicted molar refractivity (Wildman–Crippen MR) is 107 cm³/mol. The first-order valence-electron chi connectivity index (χ1n) is 8.61. The highest BCUT2D eigenvalue weighted by Gasteiger charge is 2.18. The molecule has 0 saturated carbocycles. The fraction of sp³-hybridized carbons (Fsp3) is 0.350. The third-order valence-corrected chi connectivity index (χ3v) is 5.70. The topological polar surface area (TPSA) is 77.1 Å². The molecule has 7 heteroatoms. The average Bonchev–Trinajstić information content (AvgIpc) is 2.97. The van der Waals surface area contributed by atoms with E-state index < -0.39 is 0 Å². The van der Waals surface area contributed by atoms with E-state index in [-0.39, 0.29) is 5.56 Å². The van der Waals surface area contributed by atoms with Crippen molar-refractivity contribution in [3.8, 4) is 29.0 Å². The second-order valence-electron chi connectivity index (χ2n) is 6.19. The largest absolute Gasteiger partial charge is 0.493 e. The van der Waals surface area contributed by atoms with E-state index in [1.165, 1.54) is 11.3 Å². The average molecular weight is 383 g/mol. The molecule has 0 radical (unpaired) electrons. The minimum atomic E-state index is -0.0652. The molecule has 0 bridgehead atoms. The van der Waals surface area contributed by atoms with E-state index in [0.29, 0.717) is 42.1 Å². The van der Waals surface area contributed by atoms with Crippen LogP contribution in [0.5, 0.6) is 11.5 Å². The normalized spacial score (nSPS) is 10.8.